The minimum absolute atomic E-state index is 0.249. The molecule has 0 radical (unpaired) electrons. The summed E-state index contributed by atoms with van der Waals surface area (Å²) in [5.41, 5.74) is 9.80. The maximum Gasteiger partial charge on any atom is 0.222 e. The minimum Gasteiger partial charge on any atom is -0.226 e. The number of halogens is 1. The molecule has 1 aromatic rings. The van der Waals surface area contributed by atoms with E-state index in [9.17, 15) is 0 Å². The van der Waals surface area contributed by atoms with Gasteiger partial charge in [-0.25, -0.2) is 9.97 Å². The van der Waals surface area contributed by atoms with Gasteiger partial charge < -0.3 is 0 Å². The summed E-state index contributed by atoms with van der Waals surface area (Å²) in [5, 5.41) is 3.67. The highest BCUT2D eigenvalue weighted by atomic mass is 35.5. The third-order valence-corrected chi connectivity index (χ3v) is 1.93. The van der Waals surface area contributed by atoms with E-state index in [0.29, 0.717) is 13.0 Å². The fourth-order valence-electron chi connectivity index (χ4n) is 0.999. The molecule has 15 heavy (non-hydrogen) atoms. The first-order valence-corrected chi connectivity index (χ1v) is 4.78. The normalized spacial score (nSPS) is 10.3. The van der Waals surface area contributed by atoms with Gasteiger partial charge in [0.05, 0.1) is 0 Å². The first-order chi connectivity index (χ1) is 7.24. The number of azide groups is 1. The Bertz CT molecular complexity index is 409. The lowest BCUT2D eigenvalue weighted by Crippen LogP contribution is -1.89. The summed E-state index contributed by atoms with van der Waals surface area (Å²) in [6.45, 7) is 2.32. The van der Waals surface area contributed by atoms with Crippen LogP contribution in [0, 0.1) is 6.92 Å². The lowest BCUT2D eigenvalue weighted by molar-refractivity contribution is 0.994. The molecular formula is C9H10ClN5. The van der Waals surface area contributed by atoms with Gasteiger partial charge >= 0.3 is 0 Å². The topological polar surface area (TPSA) is 74.5 Å². The van der Waals surface area contributed by atoms with E-state index in [1.807, 2.05) is 19.1 Å². The Kier molecular flexibility index (Phi) is 4.60. The Labute approximate surface area is 92.4 Å². The lowest BCUT2D eigenvalue weighted by atomic mass is 10.2. The van der Waals surface area contributed by atoms with Crippen LogP contribution in [0.15, 0.2) is 17.4 Å². The predicted molar refractivity (Wildman–Crippen MR) is 59.4 cm³/mol. The maximum absolute atomic E-state index is 8.06. The highest BCUT2D eigenvalue weighted by Crippen LogP contribution is 2.09. The van der Waals surface area contributed by atoms with E-state index in [1.54, 1.807) is 6.20 Å². The molecule has 0 fully saturated rings. The predicted octanol–water partition coefficient (Wildman–Crippen LogP) is 3.15. The molecule has 5 nitrogen and oxygen atoms in total. The van der Waals surface area contributed by atoms with Crippen LogP contribution in [0.1, 0.15) is 17.7 Å². The quantitative estimate of drug-likeness (QED) is 0.259. The van der Waals surface area contributed by atoms with Gasteiger partial charge in [0.2, 0.25) is 5.28 Å². The van der Waals surface area contributed by atoms with Gasteiger partial charge in [-0.2, -0.15) is 0 Å². The lowest BCUT2D eigenvalue weighted by Gasteiger charge is -1.97. The van der Waals surface area contributed by atoms with Gasteiger partial charge in [0.1, 0.15) is 0 Å². The summed E-state index contributed by atoms with van der Waals surface area (Å²) >= 11 is 5.62. The fourth-order valence-corrected chi connectivity index (χ4v) is 1.17. The standard InChI is InChI=1S/C9H10ClN5/c1-7-8(6-12-9(10)14-7)4-2-3-5-13-15-11/h2,4,6H,3,5H2,1H3. The zero-order valence-electron chi connectivity index (χ0n) is 8.26. The number of hydrogen-bond donors (Lipinski definition) is 0. The highest BCUT2D eigenvalue weighted by molar-refractivity contribution is 6.28. The van der Waals surface area contributed by atoms with Crippen LogP contribution in [-0.2, 0) is 0 Å². The van der Waals surface area contributed by atoms with E-state index < -0.39 is 0 Å². The number of nitrogens with zero attached hydrogens (tertiary/aromatic N) is 5. The molecule has 0 aliphatic carbocycles. The van der Waals surface area contributed by atoms with Crippen LogP contribution in [0.25, 0.3) is 16.5 Å². The van der Waals surface area contributed by atoms with Gasteiger partial charge in [-0.15, -0.1) is 0 Å². The molecule has 0 aliphatic rings. The van der Waals surface area contributed by atoms with Crippen LogP contribution in [0.3, 0.4) is 0 Å². The van der Waals surface area contributed by atoms with Crippen LogP contribution in [0.5, 0.6) is 0 Å². The fraction of sp³-hybridized carbons (Fsp3) is 0.333. The largest absolute Gasteiger partial charge is 0.226 e. The Morgan fingerprint density at radius 3 is 3.13 bits per heavy atom. The SMILES string of the molecule is Cc1nc(Cl)ncc1C=CCCN=[N+]=[N-]. The van der Waals surface area contributed by atoms with E-state index in [1.165, 1.54) is 0 Å². The maximum atomic E-state index is 8.06. The molecule has 0 saturated heterocycles. The van der Waals surface area contributed by atoms with Crippen LogP contribution in [0.4, 0.5) is 0 Å². The second-order valence-electron chi connectivity index (χ2n) is 2.83. The first-order valence-electron chi connectivity index (χ1n) is 4.40. The summed E-state index contributed by atoms with van der Waals surface area (Å²) in [4.78, 5) is 10.5. The van der Waals surface area contributed by atoms with Crippen LogP contribution in [-0.4, -0.2) is 16.5 Å². The Hall–Kier alpha value is -1.58. The zero-order chi connectivity index (χ0) is 11.1. The average Bonchev–Trinajstić information content (AvgIpc) is 2.20. The van der Waals surface area contributed by atoms with Crippen LogP contribution >= 0.6 is 11.6 Å². The van der Waals surface area contributed by atoms with Gasteiger partial charge in [0, 0.05) is 28.9 Å². The van der Waals surface area contributed by atoms with Crippen molar-refractivity contribution in [3.8, 4) is 0 Å². The van der Waals surface area contributed by atoms with E-state index >= 15 is 0 Å². The third-order valence-electron chi connectivity index (χ3n) is 1.74. The van der Waals surface area contributed by atoms with E-state index in [2.05, 4.69) is 20.0 Å². The monoisotopic (exact) mass is 223 g/mol. The van der Waals surface area contributed by atoms with Crippen molar-refractivity contribution in [2.75, 3.05) is 6.54 Å². The van der Waals surface area contributed by atoms with Crippen LogP contribution < -0.4 is 0 Å². The molecule has 0 saturated carbocycles. The molecule has 0 N–H and O–H groups in total. The molecule has 0 spiro atoms. The van der Waals surface area contributed by atoms with Gasteiger partial charge in [-0.3, -0.25) is 0 Å². The van der Waals surface area contributed by atoms with Crippen molar-refractivity contribution < 1.29 is 0 Å². The van der Waals surface area contributed by atoms with Crippen molar-refractivity contribution in [1.29, 1.82) is 0 Å². The first kappa shape index (κ1) is 11.5. The van der Waals surface area contributed by atoms with Gasteiger partial charge in [-0.1, -0.05) is 17.3 Å². The Morgan fingerprint density at radius 2 is 2.47 bits per heavy atom. The smallest absolute Gasteiger partial charge is 0.222 e. The molecule has 0 aromatic carbocycles. The zero-order valence-corrected chi connectivity index (χ0v) is 9.02. The number of aryl methyl sites for hydroxylation is 1. The molecule has 0 bridgehead atoms. The molecule has 78 valence electrons. The molecular weight excluding hydrogens is 214 g/mol. The van der Waals surface area contributed by atoms with Crippen molar-refractivity contribution >= 4 is 17.7 Å². The summed E-state index contributed by atoms with van der Waals surface area (Å²) < 4.78 is 0. The molecule has 1 heterocycles. The summed E-state index contributed by atoms with van der Waals surface area (Å²) in [7, 11) is 0. The number of rotatable bonds is 4. The number of hydrogen-bond acceptors (Lipinski definition) is 3. The van der Waals surface area contributed by atoms with Crippen LogP contribution in [0.2, 0.25) is 5.28 Å². The molecule has 0 atom stereocenters. The molecule has 0 amide bonds. The van der Waals surface area contributed by atoms with E-state index in [0.717, 1.165) is 11.3 Å². The highest BCUT2D eigenvalue weighted by Gasteiger charge is 1.97. The summed E-state index contributed by atoms with van der Waals surface area (Å²) in [6.07, 6.45) is 6.16. The van der Waals surface area contributed by atoms with Crippen molar-refractivity contribution in [1.82, 2.24) is 9.97 Å². The molecule has 1 aromatic heterocycles. The second kappa shape index (κ2) is 6.01. The van der Waals surface area contributed by atoms with Crippen molar-refractivity contribution in [3.63, 3.8) is 0 Å². The molecule has 1 rings (SSSR count). The van der Waals surface area contributed by atoms with Crippen molar-refractivity contribution in [2.45, 2.75) is 13.3 Å². The van der Waals surface area contributed by atoms with Gasteiger partial charge in [0.25, 0.3) is 0 Å². The number of aromatic nitrogens is 2. The van der Waals surface area contributed by atoms with Gasteiger partial charge in [0.15, 0.2) is 0 Å². The molecule has 0 unspecified atom stereocenters. The summed E-state index contributed by atoms with van der Waals surface area (Å²) in [6, 6.07) is 0. The third kappa shape index (κ3) is 3.97. The Balaban J connectivity index is 2.60. The van der Waals surface area contributed by atoms with E-state index in [-0.39, 0.29) is 5.28 Å². The summed E-state index contributed by atoms with van der Waals surface area (Å²) in [5.74, 6) is 0. The Morgan fingerprint density at radius 1 is 1.67 bits per heavy atom. The molecule has 0 aliphatic heterocycles. The van der Waals surface area contributed by atoms with Gasteiger partial charge in [-0.05, 0) is 30.5 Å². The molecule has 6 heteroatoms. The van der Waals surface area contributed by atoms with Crippen molar-refractivity contribution in [3.05, 3.63) is 39.3 Å². The van der Waals surface area contributed by atoms with Crippen molar-refractivity contribution in [2.24, 2.45) is 5.11 Å². The second-order valence-corrected chi connectivity index (χ2v) is 3.16. The van der Waals surface area contributed by atoms with E-state index in [4.69, 9.17) is 17.1 Å². The average molecular weight is 224 g/mol. The minimum atomic E-state index is 0.249.